The summed E-state index contributed by atoms with van der Waals surface area (Å²) in [5.74, 6) is 0.0526. The summed E-state index contributed by atoms with van der Waals surface area (Å²) in [5, 5.41) is 13.2. The van der Waals surface area contributed by atoms with Crippen LogP contribution in [0.3, 0.4) is 0 Å². The Balaban J connectivity index is 2.00. The molecule has 0 aliphatic heterocycles. The number of para-hydroxylation sites is 1. The van der Waals surface area contributed by atoms with Gasteiger partial charge in [-0.25, -0.2) is 4.79 Å². The third kappa shape index (κ3) is 3.47. The van der Waals surface area contributed by atoms with E-state index < -0.39 is 5.97 Å². The standard InChI is InChI=1S/C19H18N2O4/c1-21-16(11-15(20-21)19(22)23)14-9-6-10-17(24-2)18(14)25-12-13-7-4-3-5-8-13/h3-11H,12H2,1-2H3,(H,22,23). The Hall–Kier alpha value is -3.28. The zero-order valence-electron chi connectivity index (χ0n) is 14.0. The number of aromatic nitrogens is 2. The van der Waals surface area contributed by atoms with Crippen LogP contribution in [0.1, 0.15) is 16.1 Å². The molecule has 0 spiro atoms. The smallest absolute Gasteiger partial charge is 0.356 e. The maximum absolute atomic E-state index is 11.2. The summed E-state index contributed by atoms with van der Waals surface area (Å²) in [5.41, 5.74) is 2.36. The Morgan fingerprint density at radius 3 is 2.56 bits per heavy atom. The van der Waals surface area contributed by atoms with Crippen LogP contribution in [0.4, 0.5) is 0 Å². The van der Waals surface area contributed by atoms with Crippen LogP contribution in [-0.2, 0) is 13.7 Å². The van der Waals surface area contributed by atoms with E-state index in [1.54, 1.807) is 20.2 Å². The maximum atomic E-state index is 11.2. The van der Waals surface area contributed by atoms with Crippen LogP contribution in [-0.4, -0.2) is 28.0 Å². The minimum absolute atomic E-state index is 0.0191. The van der Waals surface area contributed by atoms with Crippen molar-refractivity contribution in [1.82, 2.24) is 9.78 Å². The second-order valence-corrected chi connectivity index (χ2v) is 5.45. The van der Waals surface area contributed by atoms with Crippen molar-refractivity contribution in [3.05, 3.63) is 65.9 Å². The van der Waals surface area contributed by atoms with Gasteiger partial charge < -0.3 is 14.6 Å². The average Bonchev–Trinajstić information content (AvgIpc) is 3.02. The molecule has 0 aliphatic rings. The quantitative estimate of drug-likeness (QED) is 0.746. The maximum Gasteiger partial charge on any atom is 0.356 e. The first-order valence-corrected chi connectivity index (χ1v) is 7.71. The number of hydrogen-bond acceptors (Lipinski definition) is 4. The first kappa shape index (κ1) is 16.6. The van der Waals surface area contributed by atoms with Gasteiger partial charge in [-0.1, -0.05) is 36.4 Å². The van der Waals surface area contributed by atoms with Crippen LogP contribution < -0.4 is 9.47 Å². The molecule has 1 aromatic heterocycles. The van der Waals surface area contributed by atoms with Gasteiger partial charge in [-0.05, 0) is 23.8 Å². The highest BCUT2D eigenvalue weighted by molar-refractivity contribution is 5.87. The lowest BCUT2D eigenvalue weighted by atomic mass is 10.1. The number of ether oxygens (including phenoxy) is 2. The van der Waals surface area contributed by atoms with E-state index in [9.17, 15) is 4.79 Å². The van der Waals surface area contributed by atoms with Crippen molar-refractivity contribution in [1.29, 1.82) is 0 Å². The number of carboxylic acid groups (broad SMARTS) is 1. The predicted octanol–water partition coefficient (Wildman–Crippen LogP) is 3.37. The van der Waals surface area contributed by atoms with Gasteiger partial charge in [-0.2, -0.15) is 5.10 Å². The fourth-order valence-electron chi connectivity index (χ4n) is 2.58. The third-order valence-electron chi connectivity index (χ3n) is 3.80. The molecular weight excluding hydrogens is 320 g/mol. The molecule has 25 heavy (non-hydrogen) atoms. The summed E-state index contributed by atoms with van der Waals surface area (Å²) in [6.07, 6.45) is 0. The number of benzene rings is 2. The summed E-state index contributed by atoms with van der Waals surface area (Å²) < 4.78 is 13.0. The van der Waals surface area contributed by atoms with Crippen molar-refractivity contribution in [2.75, 3.05) is 7.11 Å². The van der Waals surface area contributed by atoms with Crippen molar-refractivity contribution in [3.63, 3.8) is 0 Å². The highest BCUT2D eigenvalue weighted by atomic mass is 16.5. The largest absolute Gasteiger partial charge is 0.493 e. The molecular formula is C19H18N2O4. The molecule has 128 valence electrons. The zero-order chi connectivity index (χ0) is 17.8. The summed E-state index contributed by atoms with van der Waals surface area (Å²) in [4.78, 5) is 11.2. The van der Waals surface area contributed by atoms with Crippen molar-refractivity contribution in [2.24, 2.45) is 7.05 Å². The number of carbonyl (C=O) groups is 1. The minimum atomic E-state index is -1.07. The summed E-state index contributed by atoms with van der Waals surface area (Å²) >= 11 is 0. The molecule has 0 aliphatic carbocycles. The second kappa shape index (κ2) is 7.09. The van der Waals surface area contributed by atoms with E-state index >= 15 is 0 Å². The van der Waals surface area contributed by atoms with E-state index in [0.29, 0.717) is 23.8 Å². The van der Waals surface area contributed by atoms with Gasteiger partial charge in [0.1, 0.15) is 6.61 Å². The molecule has 0 unspecified atom stereocenters. The molecule has 6 nitrogen and oxygen atoms in total. The monoisotopic (exact) mass is 338 g/mol. The number of carboxylic acids is 1. The number of rotatable bonds is 6. The number of hydrogen-bond donors (Lipinski definition) is 1. The van der Waals surface area contributed by atoms with Gasteiger partial charge in [0.05, 0.1) is 12.8 Å². The van der Waals surface area contributed by atoms with Gasteiger partial charge in [-0.15, -0.1) is 0 Å². The molecule has 0 amide bonds. The van der Waals surface area contributed by atoms with E-state index in [4.69, 9.17) is 14.6 Å². The Kier molecular flexibility index (Phi) is 4.70. The van der Waals surface area contributed by atoms with Gasteiger partial charge in [0.2, 0.25) is 0 Å². The highest BCUT2D eigenvalue weighted by Gasteiger charge is 2.18. The lowest BCUT2D eigenvalue weighted by molar-refractivity contribution is 0.0689. The summed E-state index contributed by atoms with van der Waals surface area (Å²) in [6.45, 7) is 0.373. The molecule has 1 heterocycles. The molecule has 0 saturated carbocycles. The lowest BCUT2D eigenvalue weighted by Gasteiger charge is -2.15. The second-order valence-electron chi connectivity index (χ2n) is 5.45. The Morgan fingerprint density at radius 2 is 1.92 bits per heavy atom. The number of methoxy groups -OCH3 is 1. The summed E-state index contributed by atoms with van der Waals surface area (Å²) in [6, 6.07) is 16.8. The molecule has 0 fully saturated rings. The van der Waals surface area contributed by atoms with Crippen molar-refractivity contribution in [3.8, 4) is 22.8 Å². The topological polar surface area (TPSA) is 73.6 Å². The van der Waals surface area contributed by atoms with E-state index in [0.717, 1.165) is 11.1 Å². The third-order valence-corrected chi connectivity index (χ3v) is 3.80. The van der Waals surface area contributed by atoms with Gasteiger partial charge in [-0.3, -0.25) is 4.68 Å². The van der Waals surface area contributed by atoms with Gasteiger partial charge in [0, 0.05) is 12.6 Å². The normalized spacial score (nSPS) is 10.5. The number of aromatic carboxylic acids is 1. The van der Waals surface area contributed by atoms with Crippen molar-refractivity contribution >= 4 is 5.97 Å². The van der Waals surface area contributed by atoms with E-state index in [-0.39, 0.29) is 5.69 Å². The van der Waals surface area contributed by atoms with E-state index in [1.165, 1.54) is 10.7 Å². The van der Waals surface area contributed by atoms with Crippen LogP contribution in [0.25, 0.3) is 11.3 Å². The molecule has 6 heteroatoms. The zero-order valence-corrected chi connectivity index (χ0v) is 14.0. The molecule has 0 radical (unpaired) electrons. The molecule has 3 rings (SSSR count). The summed E-state index contributed by atoms with van der Waals surface area (Å²) in [7, 11) is 3.27. The predicted molar refractivity (Wildman–Crippen MR) is 92.9 cm³/mol. The Labute approximate surface area is 145 Å². The molecule has 3 aromatic rings. The van der Waals surface area contributed by atoms with Crippen LogP contribution in [0.2, 0.25) is 0 Å². The van der Waals surface area contributed by atoms with Gasteiger partial charge >= 0.3 is 5.97 Å². The molecule has 0 saturated heterocycles. The molecule has 0 bridgehead atoms. The molecule has 2 aromatic carbocycles. The Bertz CT molecular complexity index is 888. The highest BCUT2D eigenvalue weighted by Crippen LogP contribution is 2.38. The van der Waals surface area contributed by atoms with Crippen LogP contribution in [0.15, 0.2) is 54.6 Å². The van der Waals surface area contributed by atoms with E-state index in [2.05, 4.69) is 5.10 Å². The lowest BCUT2D eigenvalue weighted by Crippen LogP contribution is -2.02. The van der Waals surface area contributed by atoms with E-state index in [1.807, 2.05) is 42.5 Å². The van der Waals surface area contributed by atoms with Crippen LogP contribution >= 0.6 is 0 Å². The fraction of sp³-hybridized carbons (Fsp3) is 0.158. The first-order valence-electron chi connectivity index (χ1n) is 7.71. The SMILES string of the molecule is COc1cccc(-c2cc(C(=O)O)nn2C)c1OCc1ccccc1. The first-order chi connectivity index (χ1) is 12.1. The average molecular weight is 338 g/mol. The van der Waals surface area contributed by atoms with Gasteiger partial charge in [0.25, 0.3) is 0 Å². The fourth-order valence-corrected chi connectivity index (χ4v) is 2.58. The molecule has 0 atom stereocenters. The number of nitrogens with zero attached hydrogens (tertiary/aromatic N) is 2. The Morgan fingerprint density at radius 1 is 1.16 bits per heavy atom. The number of aryl methyl sites for hydroxylation is 1. The van der Waals surface area contributed by atoms with Crippen LogP contribution in [0, 0.1) is 0 Å². The van der Waals surface area contributed by atoms with Crippen molar-refractivity contribution < 1.29 is 19.4 Å². The van der Waals surface area contributed by atoms with Gasteiger partial charge in [0.15, 0.2) is 17.2 Å². The minimum Gasteiger partial charge on any atom is -0.493 e. The van der Waals surface area contributed by atoms with Crippen LogP contribution in [0.5, 0.6) is 11.5 Å². The molecule has 1 N–H and O–H groups in total. The van der Waals surface area contributed by atoms with Crippen molar-refractivity contribution in [2.45, 2.75) is 6.61 Å².